The zero-order chi connectivity index (χ0) is 14.8. The average Bonchev–Trinajstić information content (AvgIpc) is 2.38. The van der Waals surface area contributed by atoms with Gasteiger partial charge in [-0.1, -0.05) is 17.7 Å². The van der Waals surface area contributed by atoms with Crippen molar-refractivity contribution in [2.45, 2.75) is 11.8 Å². The van der Waals surface area contributed by atoms with Crippen LogP contribution in [-0.4, -0.2) is 44.9 Å². The first-order valence-electron chi connectivity index (χ1n) is 6.03. The Kier molecular flexibility index (Phi) is 3.93. The summed E-state index contributed by atoms with van der Waals surface area (Å²) in [7, 11) is -3.92. The number of piperazine rings is 1. The molecule has 1 aliphatic rings. The van der Waals surface area contributed by atoms with Crippen molar-refractivity contribution < 1.29 is 18.0 Å². The van der Waals surface area contributed by atoms with E-state index in [9.17, 15) is 18.0 Å². The van der Waals surface area contributed by atoms with Crippen LogP contribution in [-0.2, 0) is 14.8 Å². The minimum absolute atomic E-state index is 0.0120. The van der Waals surface area contributed by atoms with Crippen molar-refractivity contribution >= 4 is 22.0 Å². The topological polar surface area (TPSA) is 95.6 Å². The van der Waals surface area contributed by atoms with Crippen LogP contribution < -0.4 is 10.0 Å². The highest BCUT2D eigenvalue weighted by Crippen LogP contribution is 2.10. The Balaban J connectivity index is 2.09. The molecule has 2 rings (SSSR count). The molecule has 0 saturated carbocycles. The van der Waals surface area contributed by atoms with Crippen LogP contribution in [0, 0.1) is 6.92 Å². The maximum atomic E-state index is 12.0. The second kappa shape index (κ2) is 5.49. The van der Waals surface area contributed by atoms with Crippen molar-refractivity contribution in [3.63, 3.8) is 0 Å². The summed E-state index contributed by atoms with van der Waals surface area (Å²) in [6, 6.07) is 5.35. The lowest BCUT2D eigenvalue weighted by Gasteiger charge is -2.26. The number of sulfonamides is 1. The number of rotatable bonds is 2. The van der Waals surface area contributed by atoms with Gasteiger partial charge >= 0.3 is 6.03 Å². The third kappa shape index (κ3) is 3.27. The molecule has 0 aliphatic carbocycles. The monoisotopic (exact) mass is 297 g/mol. The van der Waals surface area contributed by atoms with E-state index in [-0.39, 0.29) is 23.9 Å². The molecule has 2 N–H and O–H groups in total. The quantitative estimate of drug-likeness (QED) is 0.792. The lowest BCUT2D eigenvalue weighted by Crippen LogP contribution is -2.53. The van der Waals surface area contributed by atoms with E-state index < -0.39 is 16.1 Å². The normalized spacial score (nSPS) is 15.7. The van der Waals surface area contributed by atoms with E-state index in [0.29, 0.717) is 6.54 Å². The number of hydrogen-bond donors (Lipinski definition) is 2. The van der Waals surface area contributed by atoms with E-state index in [0.717, 1.165) is 10.5 Å². The smallest absolute Gasteiger partial charge is 0.331 e. The SMILES string of the molecule is Cc1ccc(S(=O)(=O)NC(=O)N2CCNC(=O)C2)cc1. The number of carbonyl (C=O) groups excluding carboxylic acids is 2. The Bertz CT molecular complexity index is 625. The third-order valence-corrected chi connectivity index (χ3v) is 4.21. The number of urea groups is 1. The van der Waals surface area contributed by atoms with Crippen LogP contribution in [0.2, 0.25) is 0 Å². The molecule has 0 radical (unpaired) electrons. The summed E-state index contributed by atoms with van der Waals surface area (Å²) < 4.78 is 26.0. The number of amides is 3. The number of hydrogen-bond acceptors (Lipinski definition) is 4. The standard InChI is InChI=1S/C12H15N3O4S/c1-9-2-4-10(5-3-9)20(18,19)14-12(17)15-7-6-13-11(16)8-15/h2-5H,6-8H2,1H3,(H,13,16)(H,14,17). The molecule has 1 aromatic rings. The van der Waals surface area contributed by atoms with Gasteiger partial charge in [0.05, 0.1) is 4.90 Å². The molecule has 1 heterocycles. The van der Waals surface area contributed by atoms with E-state index in [1.807, 2.05) is 11.6 Å². The molecule has 0 bridgehead atoms. The molecular formula is C12H15N3O4S. The van der Waals surface area contributed by atoms with Crippen LogP contribution in [0.4, 0.5) is 4.79 Å². The summed E-state index contributed by atoms with van der Waals surface area (Å²) in [5.41, 5.74) is 0.919. The maximum absolute atomic E-state index is 12.0. The zero-order valence-electron chi connectivity index (χ0n) is 10.9. The van der Waals surface area contributed by atoms with Gasteiger partial charge in [0, 0.05) is 13.1 Å². The van der Waals surface area contributed by atoms with Crippen LogP contribution in [0.15, 0.2) is 29.2 Å². The number of carbonyl (C=O) groups is 2. The van der Waals surface area contributed by atoms with Gasteiger partial charge in [-0.2, -0.15) is 0 Å². The molecule has 0 spiro atoms. The van der Waals surface area contributed by atoms with Gasteiger partial charge in [0.1, 0.15) is 6.54 Å². The van der Waals surface area contributed by atoms with Crippen molar-refractivity contribution in [2.75, 3.05) is 19.6 Å². The summed E-state index contributed by atoms with van der Waals surface area (Å²) in [6.07, 6.45) is 0. The second-order valence-corrected chi connectivity index (χ2v) is 6.18. The molecule has 7 nitrogen and oxygen atoms in total. The summed E-state index contributed by atoms with van der Waals surface area (Å²) in [5, 5.41) is 2.56. The van der Waals surface area contributed by atoms with Crippen molar-refractivity contribution in [3.05, 3.63) is 29.8 Å². The molecule has 1 fully saturated rings. The first-order chi connectivity index (χ1) is 9.38. The molecule has 0 atom stereocenters. The minimum Gasteiger partial charge on any atom is -0.353 e. The van der Waals surface area contributed by atoms with Gasteiger partial charge < -0.3 is 10.2 Å². The molecule has 0 unspecified atom stereocenters. The summed E-state index contributed by atoms with van der Waals surface area (Å²) in [4.78, 5) is 24.2. The number of aryl methyl sites for hydroxylation is 1. The molecule has 8 heteroatoms. The predicted molar refractivity (Wildman–Crippen MR) is 71.5 cm³/mol. The summed E-state index contributed by atoms with van der Waals surface area (Å²) in [5.74, 6) is -0.306. The Morgan fingerprint density at radius 2 is 1.95 bits per heavy atom. The van der Waals surface area contributed by atoms with Gasteiger partial charge in [0.2, 0.25) is 5.91 Å². The highest BCUT2D eigenvalue weighted by molar-refractivity contribution is 7.90. The van der Waals surface area contributed by atoms with Gasteiger partial charge in [-0.3, -0.25) is 4.79 Å². The first-order valence-corrected chi connectivity index (χ1v) is 7.52. The molecule has 1 saturated heterocycles. The predicted octanol–water partition coefficient (Wildman–Crippen LogP) is -0.175. The van der Waals surface area contributed by atoms with Crippen molar-refractivity contribution in [3.8, 4) is 0 Å². The van der Waals surface area contributed by atoms with Crippen LogP contribution in [0.3, 0.4) is 0 Å². The Morgan fingerprint density at radius 3 is 2.55 bits per heavy atom. The van der Waals surface area contributed by atoms with Crippen LogP contribution in [0.1, 0.15) is 5.56 Å². The van der Waals surface area contributed by atoms with E-state index in [1.165, 1.54) is 12.1 Å². The summed E-state index contributed by atoms with van der Waals surface area (Å²) in [6.45, 7) is 2.29. The van der Waals surface area contributed by atoms with Crippen molar-refractivity contribution in [2.24, 2.45) is 0 Å². The minimum atomic E-state index is -3.92. The van der Waals surface area contributed by atoms with E-state index in [1.54, 1.807) is 12.1 Å². The lowest BCUT2D eigenvalue weighted by molar-refractivity contribution is -0.123. The van der Waals surface area contributed by atoms with Gasteiger partial charge in [0.15, 0.2) is 0 Å². The molecule has 0 aromatic heterocycles. The molecule has 20 heavy (non-hydrogen) atoms. The molecule has 1 aromatic carbocycles. The largest absolute Gasteiger partial charge is 0.353 e. The highest BCUT2D eigenvalue weighted by atomic mass is 32.2. The van der Waals surface area contributed by atoms with Crippen LogP contribution >= 0.6 is 0 Å². The van der Waals surface area contributed by atoms with Gasteiger partial charge in [-0.05, 0) is 19.1 Å². The van der Waals surface area contributed by atoms with Crippen molar-refractivity contribution in [1.29, 1.82) is 0 Å². The van der Waals surface area contributed by atoms with E-state index in [4.69, 9.17) is 0 Å². The maximum Gasteiger partial charge on any atom is 0.331 e. The van der Waals surface area contributed by atoms with Crippen molar-refractivity contribution in [1.82, 2.24) is 14.9 Å². The Hall–Kier alpha value is -2.09. The number of nitrogens with one attached hydrogen (secondary N) is 2. The fourth-order valence-electron chi connectivity index (χ4n) is 1.77. The molecule has 108 valence electrons. The fourth-order valence-corrected chi connectivity index (χ4v) is 2.74. The molecule has 3 amide bonds. The lowest BCUT2D eigenvalue weighted by atomic mass is 10.2. The molecule has 1 aliphatic heterocycles. The Morgan fingerprint density at radius 1 is 1.30 bits per heavy atom. The van der Waals surface area contributed by atoms with Gasteiger partial charge in [0.25, 0.3) is 10.0 Å². The van der Waals surface area contributed by atoms with Crippen LogP contribution in [0.25, 0.3) is 0 Å². The third-order valence-electron chi connectivity index (χ3n) is 2.88. The van der Waals surface area contributed by atoms with Crippen LogP contribution in [0.5, 0.6) is 0 Å². The zero-order valence-corrected chi connectivity index (χ0v) is 11.7. The number of nitrogens with zero attached hydrogens (tertiary/aromatic N) is 1. The van der Waals surface area contributed by atoms with Gasteiger partial charge in [-0.15, -0.1) is 0 Å². The Labute approximate surface area is 117 Å². The second-order valence-electron chi connectivity index (χ2n) is 4.50. The number of benzene rings is 1. The van der Waals surface area contributed by atoms with Gasteiger partial charge in [-0.25, -0.2) is 17.9 Å². The first kappa shape index (κ1) is 14.3. The van der Waals surface area contributed by atoms with E-state index in [2.05, 4.69) is 5.32 Å². The summed E-state index contributed by atoms with van der Waals surface area (Å²) >= 11 is 0. The fraction of sp³-hybridized carbons (Fsp3) is 0.333. The highest BCUT2D eigenvalue weighted by Gasteiger charge is 2.25. The van der Waals surface area contributed by atoms with E-state index >= 15 is 0 Å². The average molecular weight is 297 g/mol. The molecular weight excluding hydrogens is 282 g/mol.